The number of halogens is 1. The molecule has 0 aliphatic carbocycles. The van der Waals surface area contributed by atoms with E-state index in [-0.39, 0.29) is 10.9 Å². The molecule has 2 rings (SSSR count). The molecule has 2 aromatic carbocycles. The number of carbonyl (C=O) groups excluding carboxylic acids is 1. The lowest BCUT2D eigenvalue weighted by Crippen LogP contribution is -2.48. The maximum Gasteiger partial charge on any atom is 0.279 e. The highest BCUT2D eigenvalue weighted by Crippen LogP contribution is 2.13. The zero-order chi connectivity index (χ0) is 18.2. The summed E-state index contributed by atoms with van der Waals surface area (Å²) in [4.78, 5) is 12.0. The standard InChI is InChI=1S/C18H20FN3O2S/c1-3-13-4-8-15(9-5-13)20-18(25)22-21-17(23)12(2)24-16-10-6-14(19)7-11-16/h4-12H,3H2,1-2H3,(H,21,23)(H2,20,22,25)/t12-/m1/s1. The number of amides is 1. The lowest BCUT2D eigenvalue weighted by Gasteiger charge is -2.16. The van der Waals surface area contributed by atoms with Gasteiger partial charge in [0.1, 0.15) is 11.6 Å². The van der Waals surface area contributed by atoms with Crippen molar-refractivity contribution >= 4 is 28.9 Å². The van der Waals surface area contributed by atoms with Crippen LogP contribution in [0.15, 0.2) is 48.5 Å². The van der Waals surface area contributed by atoms with E-state index in [1.165, 1.54) is 29.8 Å². The van der Waals surface area contributed by atoms with E-state index in [4.69, 9.17) is 17.0 Å². The Morgan fingerprint density at radius 2 is 1.76 bits per heavy atom. The molecule has 0 saturated heterocycles. The predicted molar refractivity (Wildman–Crippen MR) is 99.8 cm³/mol. The lowest BCUT2D eigenvalue weighted by molar-refractivity contribution is -0.127. The summed E-state index contributed by atoms with van der Waals surface area (Å²) in [5, 5.41) is 3.22. The fraction of sp³-hybridized carbons (Fsp3) is 0.222. The zero-order valence-electron chi connectivity index (χ0n) is 14.0. The molecule has 1 amide bonds. The molecule has 3 N–H and O–H groups in total. The van der Waals surface area contributed by atoms with Crippen LogP contribution < -0.4 is 20.9 Å². The summed E-state index contributed by atoms with van der Waals surface area (Å²) in [6, 6.07) is 13.3. The monoisotopic (exact) mass is 361 g/mol. The van der Waals surface area contributed by atoms with Crippen molar-refractivity contribution in [3.05, 3.63) is 59.9 Å². The Kier molecular flexibility index (Phi) is 6.71. The molecule has 0 heterocycles. The van der Waals surface area contributed by atoms with Gasteiger partial charge in [-0.1, -0.05) is 19.1 Å². The number of hydrazine groups is 1. The van der Waals surface area contributed by atoms with Gasteiger partial charge in [0, 0.05) is 5.69 Å². The van der Waals surface area contributed by atoms with Gasteiger partial charge in [0.05, 0.1) is 0 Å². The maximum atomic E-state index is 12.8. The number of carbonyl (C=O) groups is 1. The van der Waals surface area contributed by atoms with Crippen LogP contribution in [0.25, 0.3) is 0 Å². The van der Waals surface area contributed by atoms with Crippen molar-refractivity contribution in [2.75, 3.05) is 5.32 Å². The first kappa shape index (κ1) is 18.7. The summed E-state index contributed by atoms with van der Waals surface area (Å²) < 4.78 is 18.3. The minimum Gasteiger partial charge on any atom is -0.481 e. The third-order valence-corrected chi connectivity index (χ3v) is 3.62. The van der Waals surface area contributed by atoms with Gasteiger partial charge < -0.3 is 10.1 Å². The number of hydrogen-bond donors (Lipinski definition) is 3. The van der Waals surface area contributed by atoms with E-state index in [0.29, 0.717) is 5.75 Å². The largest absolute Gasteiger partial charge is 0.481 e. The van der Waals surface area contributed by atoms with Crippen LogP contribution in [0.5, 0.6) is 5.75 Å². The van der Waals surface area contributed by atoms with Crippen LogP contribution in [0.1, 0.15) is 19.4 Å². The molecule has 0 bridgehead atoms. The molecular formula is C18H20FN3O2S. The molecule has 0 spiro atoms. The van der Waals surface area contributed by atoms with Crippen molar-refractivity contribution in [2.45, 2.75) is 26.4 Å². The Hall–Kier alpha value is -2.67. The van der Waals surface area contributed by atoms with Crippen molar-refractivity contribution in [2.24, 2.45) is 0 Å². The SMILES string of the molecule is CCc1ccc(NC(=S)NNC(=O)[C@@H](C)Oc2ccc(F)cc2)cc1. The van der Waals surface area contributed by atoms with E-state index in [1.807, 2.05) is 24.3 Å². The van der Waals surface area contributed by atoms with Crippen LogP contribution >= 0.6 is 12.2 Å². The normalized spacial score (nSPS) is 11.3. The second-order valence-corrected chi connectivity index (χ2v) is 5.74. The second kappa shape index (κ2) is 8.98. The van der Waals surface area contributed by atoms with E-state index in [1.54, 1.807) is 6.92 Å². The number of rotatable bonds is 5. The first-order valence-electron chi connectivity index (χ1n) is 7.86. The zero-order valence-corrected chi connectivity index (χ0v) is 14.8. The van der Waals surface area contributed by atoms with Gasteiger partial charge in [0.2, 0.25) is 0 Å². The average Bonchev–Trinajstić information content (AvgIpc) is 2.62. The molecule has 25 heavy (non-hydrogen) atoms. The highest BCUT2D eigenvalue weighted by Gasteiger charge is 2.14. The molecule has 0 aromatic heterocycles. The Morgan fingerprint density at radius 1 is 1.12 bits per heavy atom. The van der Waals surface area contributed by atoms with Crippen LogP contribution in [0.2, 0.25) is 0 Å². The van der Waals surface area contributed by atoms with Crippen molar-refractivity contribution in [3.63, 3.8) is 0 Å². The Morgan fingerprint density at radius 3 is 2.36 bits per heavy atom. The summed E-state index contributed by atoms with van der Waals surface area (Å²) >= 11 is 5.13. The second-order valence-electron chi connectivity index (χ2n) is 5.33. The number of anilines is 1. The summed E-state index contributed by atoms with van der Waals surface area (Å²) in [6.07, 6.45) is 0.190. The van der Waals surface area contributed by atoms with Crippen LogP contribution in [-0.4, -0.2) is 17.1 Å². The van der Waals surface area contributed by atoms with Gasteiger partial charge >= 0.3 is 0 Å². The highest BCUT2D eigenvalue weighted by molar-refractivity contribution is 7.80. The quantitative estimate of drug-likeness (QED) is 0.564. The highest BCUT2D eigenvalue weighted by atomic mass is 32.1. The molecule has 132 valence electrons. The lowest BCUT2D eigenvalue weighted by atomic mass is 10.1. The number of thiocarbonyl (C=S) groups is 1. The molecule has 7 heteroatoms. The number of ether oxygens (including phenoxy) is 1. The molecule has 0 aliphatic rings. The van der Waals surface area contributed by atoms with Gasteiger partial charge in [-0.25, -0.2) is 4.39 Å². The van der Waals surface area contributed by atoms with Gasteiger partial charge in [-0.3, -0.25) is 15.6 Å². The maximum absolute atomic E-state index is 12.8. The van der Waals surface area contributed by atoms with Crippen LogP contribution in [0.3, 0.4) is 0 Å². The van der Waals surface area contributed by atoms with Crippen LogP contribution in [-0.2, 0) is 11.2 Å². The van der Waals surface area contributed by atoms with Crippen molar-refractivity contribution in [3.8, 4) is 5.75 Å². The summed E-state index contributed by atoms with van der Waals surface area (Å²) in [6.45, 7) is 3.67. The molecule has 0 fully saturated rings. The van der Waals surface area contributed by atoms with Gasteiger partial charge in [0.15, 0.2) is 11.2 Å². The minimum atomic E-state index is -0.774. The molecule has 0 aliphatic heterocycles. The molecule has 0 saturated carbocycles. The van der Waals surface area contributed by atoms with E-state index in [0.717, 1.165) is 12.1 Å². The van der Waals surface area contributed by atoms with Gasteiger partial charge in [-0.05, 0) is 67.5 Å². The molecule has 0 unspecified atom stereocenters. The van der Waals surface area contributed by atoms with Crippen molar-refractivity contribution in [1.82, 2.24) is 10.9 Å². The van der Waals surface area contributed by atoms with Crippen molar-refractivity contribution < 1.29 is 13.9 Å². The topological polar surface area (TPSA) is 62.4 Å². The van der Waals surface area contributed by atoms with E-state index >= 15 is 0 Å². The van der Waals surface area contributed by atoms with E-state index in [9.17, 15) is 9.18 Å². The van der Waals surface area contributed by atoms with Crippen molar-refractivity contribution in [1.29, 1.82) is 0 Å². The number of benzene rings is 2. The molecular weight excluding hydrogens is 341 g/mol. The molecule has 1 atom stereocenters. The fourth-order valence-electron chi connectivity index (χ4n) is 1.98. The number of hydrogen-bond acceptors (Lipinski definition) is 3. The van der Waals surface area contributed by atoms with Gasteiger partial charge in [-0.2, -0.15) is 0 Å². The van der Waals surface area contributed by atoms with Gasteiger partial charge in [-0.15, -0.1) is 0 Å². The minimum absolute atomic E-state index is 0.256. The van der Waals surface area contributed by atoms with Gasteiger partial charge in [0.25, 0.3) is 5.91 Å². The van der Waals surface area contributed by atoms with E-state index in [2.05, 4.69) is 23.1 Å². The third-order valence-electron chi connectivity index (χ3n) is 3.42. The number of nitrogens with one attached hydrogen (secondary N) is 3. The first-order chi connectivity index (χ1) is 12.0. The Labute approximate surface area is 151 Å². The molecule has 5 nitrogen and oxygen atoms in total. The summed E-state index contributed by atoms with van der Waals surface area (Å²) in [7, 11) is 0. The number of aryl methyl sites for hydroxylation is 1. The fourth-order valence-corrected chi connectivity index (χ4v) is 2.15. The van der Waals surface area contributed by atoms with E-state index < -0.39 is 12.0 Å². The summed E-state index contributed by atoms with van der Waals surface area (Å²) in [5.74, 6) is -0.370. The van der Waals surface area contributed by atoms with Crippen LogP contribution in [0, 0.1) is 5.82 Å². The summed E-state index contributed by atoms with van der Waals surface area (Å²) in [5.41, 5.74) is 7.13. The first-order valence-corrected chi connectivity index (χ1v) is 8.26. The predicted octanol–water partition coefficient (Wildman–Crippen LogP) is 3.17. The average molecular weight is 361 g/mol. The third kappa shape index (κ3) is 6.04. The Bertz CT molecular complexity index is 720. The Balaban J connectivity index is 1.77. The molecule has 0 radical (unpaired) electrons. The smallest absolute Gasteiger partial charge is 0.279 e. The van der Waals surface area contributed by atoms with Crippen LogP contribution in [0.4, 0.5) is 10.1 Å². The molecule has 2 aromatic rings.